The molecule has 1 saturated carbocycles. The number of thioether (sulfide) groups is 2. The highest BCUT2D eigenvalue weighted by molar-refractivity contribution is 8.09. The van der Waals surface area contributed by atoms with Gasteiger partial charge in [0.1, 0.15) is 9.93 Å². The van der Waals surface area contributed by atoms with Crippen molar-refractivity contribution in [2.24, 2.45) is 5.92 Å². The summed E-state index contributed by atoms with van der Waals surface area (Å²) >= 11 is 3.44. The molecule has 0 aromatic heterocycles. The molecule has 0 aromatic carbocycles. The Morgan fingerprint density at radius 2 is 2.18 bits per heavy atom. The molecule has 0 radical (unpaired) electrons. The van der Waals surface area contributed by atoms with Crippen molar-refractivity contribution in [3.8, 4) is 0 Å². The Morgan fingerprint density at radius 1 is 1.36 bits per heavy atom. The largest absolute Gasteiger partial charge is 0.462 e. The summed E-state index contributed by atoms with van der Waals surface area (Å²) in [6.07, 6.45) is 11.8. The molecule has 0 N–H and O–H groups in total. The zero-order chi connectivity index (χ0) is 15.4. The molecular weight excluding hydrogens is 314 g/mol. The Labute approximate surface area is 141 Å². The average Bonchev–Trinajstić information content (AvgIpc) is 2.97. The molecule has 3 aliphatic rings. The molecule has 0 unspecified atom stereocenters. The second-order valence-corrected chi connectivity index (χ2v) is 8.36. The molecule has 0 spiro atoms. The molecule has 3 nitrogen and oxygen atoms in total. The first-order valence-corrected chi connectivity index (χ1v) is 10.3. The van der Waals surface area contributed by atoms with Crippen LogP contribution in [0.1, 0.15) is 51.9 Å². The number of ether oxygens (including phenoxy) is 1. The molecule has 0 aromatic rings. The lowest BCUT2D eigenvalue weighted by Crippen LogP contribution is -2.23. The first-order valence-electron chi connectivity index (χ1n) is 8.47. The van der Waals surface area contributed by atoms with Crippen LogP contribution in [-0.2, 0) is 9.53 Å². The molecule has 3 rings (SSSR count). The fraction of sp³-hybridized carbons (Fsp3) is 0.706. The van der Waals surface area contributed by atoms with Crippen LogP contribution in [-0.4, -0.2) is 29.8 Å². The monoisotopic (exact) mass is 339 g/mol. The summed E-state index contributed by atoms with van der Waals surface area (Å²) in [5.74, 6) is 1.73. The predicted molar refractivity (Wildman–Crippen MR) is 94.3 cm³/mol. The first kappa shape index (κ1) is 16.3. The van der Waals surface area contributed by atoms with Crippen molar-refractivity contribution in [3.05, 3.63) is 21.0 Å². The standard InChI is InChI=1S/C17H25NO2S2/c1-2-20-17(19)15-16-18(10-11-21-15)12-14(22-16)9-8-13-6-4-3-5-7-13/h12-13H,2-11H2,1H3. The van der Waals surface area contributed by atoms with Gasteiger partial charge in [-0.1, -0.05) is 43.9 Å². The van der Waals surface area contributed by atoms with Gasteiger partial charge in [0.25, 0.3) is 0 Å². The normalized spacial score (nSPS) is 22.6. The maximum Gasteiger partial charge on any atom is 0.347 e. The van der Waals surface area contributed by atoms with Crippen molar-refractivity contribution in [1.29, 1.82) is 0 Å². The summed E-state index contributed by atoms with van der Waals surface area (Å²) in [6, 6.07) is 0. The van der Waals surface area contributed by atoms with Crippen molar-refractivity contribution in [1.82, 2.24) is 4.90 Å². The highest BCUT2D eigenvalue weighted by Gasteiger charge is 2.31. The highest BCUT2D eigenvalue weighted by Crippen LogP contribution is 2.46. The lowest BCUT2D eigenvalue weighted by Gasteiger charge is -2.24. The van der Waals surface area contributed by atoms with E-state index in [1.807, 2.05) is 6.92 Å². The van der Waals surface area contributed by atoms with Crippen molar-refractivity contribution in [3.63, 3.8) is 0 Å². The molecule has 0 saturated heterocycles. The average molecular weight is 340 g/mol. The van der Waals surface area contributed by atoms with Gasteiger partial charge in [-0.05, 0) is 25.7 Å². The van der Waals surface area contributed by atoms with Gasteiger partial charge in [0.15, 0.2) is 0 Å². The second-order valence-electron chi connectivity index (χ2n) is 6.14. The Morgan fingerprint density at radius 3 is 2.95 bits per heavy atom. The molecule has 1 fully saturated rings. The van der Waals surface area contributed by atoms with Gasteiger partial charge in [-0.25, -0.2) is 4.79 Å². The molecular formula is C17H25NO2S2. The summed E-state index contributed by atoms with van der Waals surface area (Å²) in [6.45, 7) is 3.32. The second kappa shape index (κ2) is 7.82. The van der Waals surface area contributed by atoms with E-state index < -0.39 is 0 Å². The topological polar surface area (TPSA) is 29.5 Å². The minimum Gasteiger partial charge on any atom is -0.462 e. The van der Waals surface area contributed by atoms with Crippen molar-refractivity contribution in [2.75, 3.05) is 18.9 Å². The molecule has 1 aliphatic carbocycles. The van der Waals surface area contributed by atoms with Crippen LogP contribution in [0, 0.1) is 5.92 Å². The van der Waals surface area contributed by atoms with Crippen LogP contribution in [0.25, 0.3) is 0 Å². The van der Waals surface area contributed by atoms with E-state index in [4.69, 9.17) is 4.74 Å². The van der Waals surface area contributed by atoms with Crippen LogP contribution in [0.15, 0.2) is 21.0 Å². The Bertz CT molecular complexity index is 481. The van der Waals surface area contributed by atoms with E-state index in [9.17, 15) is 4.79 Å². The van der Waals surface area contributed by atoms with Gasteiger partial charge in [-0.15, -0.1) is 11.8 Å². The van der Waals surface area contributed by atoms with Crippen LogP contribution >= 0.6 is 23.5 Å². The first-order chi connectivity index (χ1) is 10.8. The SMILES string of the molecule is CCOC(=O)C1=C2SC(CCC3CCCCC3)=CN2CCS1. The van der Waals surface area contributed by atoms with Crippen molar-refractivity contribution < 1.29 is 9.53 Å². The summed E-state index contributed by atoms with van der Waals surface area (Å²) < 4.78 is 5.20. The lowest BCUT2D eigenvalue weighted by molar-refractivity contribution is -0.137. The molecule has 5 heteroatoms. The number of fused-ring (bicyclic) bond motifs is 1. The van der Waals surface area contributed by atoms with Gasteiger partial charge in [-0.2, -0.15) is 0 Å². The number of carbonyl (C=O) groups excluding carboxylic acids is 1. The summed E-state index contributed by atoms with van der Waals surface area (Å²) in [5, 5.41) is 1.10. The maximum absolute atomic E-state index is 12.1. The summed E-state index contributed by atoms with van der Waals surface area (Å²) in [7, 11) is 0. The smallest absolute Gasteiger partial charge is 0.347 e. The van der Waals surface area contributed by atoms with Crippen molar-refractivity contribution in [2.45, 2.75) is 51.9 Å². The highest BCUT2D eigenvalue weighted by atomic mass is 32.2. The number of esters is 1. The number of allylic oxidation sites excluding steroid dienone is 1. The van der Waals surface area contributed by atoms with Gasteiger partial charge >= 0.3 is 5.97 Å². The van der Waals surface area contributed by atoms with Gasteiger partial charge in [0, 0.05) is 23.4 Å². The van der Waals surface area contributed by atoms with Gasteiger partial charge in [-0.3, -0.25) is 0 Å². The lowest BCUT2D eigenvalue weighted by atomic mass is 9.86. The van der Waals surface area contributed by atoms with Gasteiger partial charge in [0.2, 0.25) is 0 Å². The summed E-state index contributed by atoms with van der Waals surface area (Å²) in [4.78, 5) is 16.6. The molecule has 0 atom stereocenters. The van der Waals surface area contributed by atoms with Gasteiger partial charge in [0.05, 0.1) is 6.61 Å². The predicted octanol–water partition coefficient (Wildman–Crippen LogP) is 4.72. The Hall–Kier alpha value is -0.550. The van der Waals surface area contributed by atoms with Crippen LogP contribution in [0.2, 0.25) is 0 Å². The molecule has 0 amide bonds. The molecule has 2 aliphatic heterocycles. The third-order valence-electron chi connectivity index (χ3n) is 4.55. The molecule has 2 heterocycles. The minimum atomic E-state index is -0.151. The van der Waals surface area contributed by atoms with E-state index in [-0.39, 0.29) is 5.97 Å². The Balaban J connectivity index is 1.60. The third kappa shape index (κ3) is 3.85. The van der Waals surface area contributed by atoms with Crippen LogP contribution in [0.5, 0.6) is 0 Å². The Kier molecular flexibility index (Phi) is 5.80. The van der Waals surface area contributed by atoms with E-state index >= 15 is 0 Å². The zero-order valence-corrected chi connectivity index (χ0v) is 14.9. The summed E-state index contributed by atoms with van der Waals surface area (Å²) in [5.41, 5.74) is 0. The molecule has 122 valence electrons. The zero-order valence-electron chi connectivity index (χ0n) is 13.3. The third-order valence-corrected chi connectivity index (χ3v) is 6.91. The number of hydrogen-bond acceptors (Lipinski definition) is 5. The molecule has 22 heavy (non-hydrogen) atoms. The number of carbonyl (C=O) groups is 1. The van der Waals surface area contributed by atoms with Crippen LogP contribution in [0.3, 0.4) is 0 Å². The quantitative estimate of drug-likeness (QED) is 0.676. The van der Waals surface area contributed by atoms with E-state index in [2.05, 4.69) is 11.1 Å². The number of hydrogen-bond donors (Lipinski definition) is 0. The van der Waals surface area contributed by atoms with Crippen LogP contribution in [0.4, 0.5) is 0 Å². The van der Waals surface area contributed by atoms with E-state index in [1.54, 1.807) is 23.5 Å². The van der Waals surface area contributed by atoms with E-state index in [1.165, 1.54) is 43.4 Å². The number of nitrogens with zero attached hydrogens (tertiary/aromatic N) is 1. The van der Waals surface area contributed by atoms with Crippen molar-refractivity contribution >= 4 is 29.5 Å². The minimum absolute atomic E-state index is 0.151. The fourth-order valence-electron chi connectivity index (χ4n) is 3.37. The van der Waals surface area contributed by atoms with E-state index in [0.717, 1.165) is 34.6 Å². The van der Waals surface area contributed by atoms with Gasteiger partial charge < -0.3 is 9.64 Å². The van der Waals surface area contributed by atoms with Crippen LogP contribution < -0.4 is 0 Å². The fourth-order valence-corrected chi connectivity index (χ4v) is 5.67. The maximum atomic E-state index is 12.1. The number of rotatable bonds is 5. The molecule has 0 bridgehead atoms. The van der Waals surface area contributed by atoms with E-state index in [0.29, 0.717) is 6.61 Å².